The van der Waals surface area contributed by atoms with E-state index in [1.807, 2.05) is 10.3 Å². The van der Waals surface area contributed by atoms with Gasteiger partial charge in [0, 0.05) is 30.9 Å². The van der Waals surface area contributed by atoms with E-state index in [0.717, 1.165) is 31.5 Å². The van der Waals surface area contributed by atoms with Crippen molar-refractivity contribution < 1.29 is 4.79 Å². The summed E-state index contributed by atoms with van der Waals surface area (Å²) in [6.07, 6.45) is 3.44. The molecule has 1 aromatic heterocycles. The van der Waals surface area contributed by atoms with Crippen molar-refractivity contribution in [1.29, 1.82) is 0 Å². The fraction of sp³-hybridized carbons (Fsp3) is 0.636. The predicted molar refractivity (Wildman–Crippen MR) is 64.2 cm³/mol. The zero-order chi connectivity index (χ0) is 11.4. The average Bonchev–Trinajstić information content (AvgIpc) is 2.96. The van der Waals surface area contributed by atoms with Crippen LogP contribution in [0.2, 0.25) is 0 Å². The van der Waals surface area contributed by atoms with Gasteiger partial charge < -0.3 is 10.6 Å². The summed E-state index contributed by atoms with van der Waals surface area (Å²) >= 11 is 1.57. The van der Waals surface area contributed by atoms with Crippen molar-refractivity contribution in [3.63, 3.8) is 0 Å². The third-order valence-electron chi connectivity index (χ3n) is 3.05. The first kappa shape index (κ1) is 11.5. The monoisotopic (exact) mass is 239 g/mol. The molecular formula is C11H17N3OS. The van der Waals surface area contributed by atoms with Gasteiger partial charge in [-0.1, -0.05) is 0 Å². The van der Waals surface area contributed by atoms with E-state index in [1.54, 1.807) is 16.8 Å². The van der Waals surface area contributed by atoms with Gasteiger partial charge in [0.2, 0.25) is 5.91 Å². The molecule has 1 unspecified atom stereocenters. The van der Waals surface area contributed by atoms with Crippen LogP contribution in [-0.4, -0.2) is 34.9 Å². The molecule has 2 heterocycles. The van der Waals surface area contributed by atoms with Gasteiger partial charge in [-0.15, -0.1) is 11.3 Å². The fourth-order valence-corrected chi connectivity index (χ4v) is 2.74. The Morgan fingerprint density at radius 1 is 1.69 bits per heavy atom. The van der Waals surface area contributed by atoms with Crippen LogP contribution in [0.4, 0.5) is 0 Å². The van der Waals surface area contributed by atoms with Crippen molar-refractivity contribution in [1.82, 2.24) is 9.88 Å². The number of carbonyl (C=O) groups is 1. The van der Waals surface area contributed by atoms with Gasteiger partial charge >= 0.3 is 0 Å². The third kappa shape index (κ3) is 2.59. The number of nitrogens with zero attached hydrogens (tertiary/aromatic N) is 2. The number of hydrogen-bond acceptors (Lipinski definition) is 4. The summed E-state index contributed by atoms with van der Waals surface area (Å²) in [4.78, 5) is 18.1. The highest BCUT2D eigenvalue weighted by Crippen LogP contribution is 2.17. The minimum absolute atomic E-state index is 0.223. The second-order valence-electron chi connectivity index (χ2n) is 4.10. The van der Waals surface area contributed by atoms with Gasteiger partial charge in [-0.3, -0.25) is 4.79 Å². The summed E-state index contributed by atoms with van der Waals surface area (Å²) in [6.45, 7) is 1.46. The van der Waals surface area contributed by atoms with Gasteiger partial charge in [-0.05, 0) is 19.3 Å². The van der Waals surface area contributed by atoms with E-state index in [1.165, 1.54) is 0 Å². The predicted octanol–water partition coefficient (Wildman–Crippen LogP) is 1.03. The number of rotatable bonds is 4. The number of hydrogen-bond donors (Lipinski definition) is 1. The Morgan fingerprint density at radius 2 is 2.56 bits per heavy atom. The minimum atomic E-state index is 0.223. The highest BCUT2D eigenvalue weighted by Gasteiger charge is 2.26. The lowest BCUT2D eigenvalue weighted by molar-refractivity contribution is -0.131. The van der Waals surface area contributed by atoms with Crippen molar-refractivity contribution in [3.05, 3.63) is 16.6 Å². The largest absolute Gasteiger partial charge is 0.338 e. The van der Waals surface area contributed by atoms with E-state index in [4.69, 9.17) is 5.73 Å². The number of nitrogens with two attached hydrogens (primary N) is 1. The summed E-state index contributed by atoms with van der Waals surface area (Å²) in [5, 5.41) is 2.00. The molecule has 0 saturated carbocycles. The summed E-state index contributed by atoms with van der Waals surface area (Å²) < 4.78 is 0. The number of aryl methyl sites for hydroxylation is 1. The van der Waals surface area contributed by atoms with Crippen molar-refractivity contribution in [3.8, 4) is 0 Å². The van der Waals surface area contributed by atoms with Crippen LogP contribution in [0.3, 0.4) is 0 Å². The van der Waals surface area contributed by atoms with Crippen LogP contribution in [0.1, 0.15) is 25.0 Å². The smallest absolute Gasteiger partial charge is 0.223 e. The number of likely N-dealkylation sites (tertiary alicyclic amines) is 1. The first-order valence-electron chi connectivity index (χ1n) is 5.68. The van der Waals surface area contributed by atoms with Crippen LogP contribution >= 0.6 is 11.3 Å². The van der Waals surface area contributed by atoms with Gasteiger partial charge in [-0.25, -0.2) is 4.98 Å². The highest BCUT2D eigenvalue weighted by molar-refractivity contribution is 7.07. The zero-order valence-corrected chi connectivity index (χ0v) is 10.1. The third-order valence-corrected chi connectivity index (χ3v) is 3.68. The zero-order valence-electron chi connectivity index (χ0n) is 9.26. The van der Waals surface area contributed by atoms with Crippen LogP contribution < -0.4 is 5.73 Å². The molecule has 2 rings (SSSR count). The highest BCUT2D eigenvalue weighted by atomic mass is 32.1. The lowest BCUT2D eigenvalue weighted by Crippen LogP contribution is -2.40. The first-order valence-corrected chi connectivity index (χ1v) is 6.62. The second-order valence-corrected chi connectivity index (χ2v) is 4.82. The molecule has 1 aromatic rings. The lowest BCUT2D eigenvalue weighted by Gasteiger charge is -2.23. The Hall–Kier alpha value is -0.940. The summed E-state index contributed by atoms with van der Waals surface area (Å²) in [5.74, 6) is 0.223. The summed E-state index contributed by atoms with van der Waals surface area (Å²) in [7, 11) is 0. The molecule has 4 nitrogen and oxygen atoms in total. The topological polar surface area (TPSA) is 59.2 Å². The molecule has 2 N–H and O–H groups in total. The van der Waals surface area contributed by atoms with Crippen molar-refractivity contribution in [2.24, 2.45) is 5.73 Å². The SMILES string of the molecule is NCC1CCCN1C(=O)CCc1cscn1. The van der Waals surface area contributed by atoms with E-state index >= 15 is 0 Å². The second kappa shape index (κ2) is 5.41. The molecule has 0 aliphatic carbocycles. The van der Waals surface area contributed by atoms with Crippen LogP contribution in [0.5, 0.6) is 0 Å². The molecular weight excluding hydrogens is 222 g/mol. The number of carbonyl (C=O) groups excluding carboxylic acids is 1. The first-order chi connectivity index (χ1) is 7.81. The molecule has 1 amide bonds. The normalized spacial score (nSPS) is 20.3. The minimum Gasteiger partial charge on any atom is -0.338 e. The quantitative estimate of drug-likeness (QED) is 0.853. The Morgan fingerprint density at radius 3 is 3.25 bits per heavy atom. The van der Waals surface area contributed by atoms with E-state index in [9.17, 15) is 4.79 Å². The Bertz CT molecular complexity index is 339. The standard InChI is InChI=1S/C11H17N3OS/c12-6-10-2-1-5-14(10)11(15)4-3-9-7-16-8-13-9/h7-8,10H,1-6,12H2. The molecule has 88 valence electrons. The maximum atomic E-state index is 12.0. The molecule has 16 heavy (non-hydrogen) atoms. The number of aromatic nitrogens is 1. The Kier molecular flexibility index (Phi) is 3.90. The van der Waals surface area contributed by atoms with Gasteiger partial charge in [0.15, 0.2) is 0 Å². The van der Waals surface area contributed by atoms with Gasteiger partial charge in [0.25, 0.3) is 0 Å². The molecule has 1 saturated heterocycles. The van der Waals surface area contributed by atoms with E-state index in [-0.39, 0.29) is 11.9 Å². The molecule has 1 atom stereocenters. The van der Waals surface area contributed by atoms with Gasteiger partial charge in [0.1, 0.15) is 0 Å². The molecule has 1 aliphatic rings. The maximum Gasteiger partial charge on any atom is 0.223 e. The fourth-order valence-electron chi connectivity index (χ4n) is 2.15. The molecule has 0 bridgehead atoms. The summed E-state index contributed by atoms with van der Waals surface area (Å²) in [6, 6.07) is 0.267. The van der Waals surface area contributed by atoms with Crippen LogP contribution in [0.25, 0.3) is 0 Å². The molecule has 0 radical (unpaired) electrons. The lowest BCUT2D eigenvalue weighted by atomic mass is 10.2. The molecule has 0 spiro atoms. The van der Waals surface area contributed by atoms with Crippen LogP contribution in [0, 0.1) is 0 Å². The summed E-state index contributed by atoms with van der Waals surface area (Å²) in [5.41, 5.74) is 8.47. The van der Waals surface area contributed by atoms with E-state index in [0.29, 0.717) is 13.0 Å². The van der Waals surface area contributed by atoms with Crippen LogP contribution in [-0.2, 0) is 11.2 Å². The van der Waals surface area contributed by atoms with Gasteiger partial charge in [0.05, 0.1) is 11.2 Å². The van der Waals surface area contributed by atoms with Crippen molar-refractivity contribution >= 4 is 17.2 Å². The molecule has 1 aliphatic heterocycles. The van der Waals surface area contributed by atoms with E-state index < -0.39 is 0 Å². The average molecular weight is 239 g/mol. The molecule has 1 fully saturated rings. The Balaban J connectivity index is 1.83. The Labute approximate surface area is 99.5 Å². The number of amides is 1. The van der Waals surface area contributed by atoms with Crippen LogP contribution in [0.15, 0.2) is 10.9 Å². The maximum absolute atomic E-state index is 12.0. The van der Waals surface area contributed by atoms with Gasteiger partial charge in [-0.2, -0.15) is 0 Å². The van der Waals surface area contributed by atoms with E-state index in [2.05, 4.69) is 4.98 Å². The van der Waals surface area contributed by atoms with Crippen molar-refractivity contribution in [2.45, 2.75) is 31.7 Å². The van der Waals surface area contributed by atoms with Crippen molar-refractivity contribution in [2.75, 3.05) is 13.1 Å². The molecule has 0 aromatic carbocycles. The number of thiazole rings is 1. The molecule has 5 heteroatoms.